The van der Waals surface area contributed by atoms with Gasteiger partial charge in [-0.1, -0.05) is 6.92 Å². The molecule has 0 aliphatic carbocycles. The molecule has 0 aromatic rings. The van der Waals surface area contributed by atoms with Crippen molar-refractivity contribution >= 4 is 48.8 Å². The van der Waals surface area contributed by atoms with Gasteiger partial charge in [-0.2, -0.15) is 26.1 Å². The molecule has 0 aliphatic heterocycles. The van der Waals surface area contributed by atoms with Crippen LogP contribution in [-0.2, 0) is 0 Å². The third-order valence-corrected chi connectivity index (χ3v) is 0. The Morgan fingerprint density at radius 3 is 1.22 bits per heavy atom. The molecule has 3 heteroatoms. The van der Waals surface area contributed by atoms with E-state index in [2.05, 4.69) is 26.6 Å². The second-order valence-corrected chi connectivity index (χ2v) is 5.00. The second kappa shape index (κ2) is 22.7. The predicted molar refractivity (Wildman–Crippen MR) is 55.1 cm³/mol. The molecule has 0 unspecified atom stereocenters. The van der Waals surface area contributed by atoms with Crippen LogP contribution in [-0.4, -0.2) is 31.8 Å². The summed E-state index contributed by atoms with van der Waals surface area (Å²) in [6.07, 6.45) is 1.00. The quantitative estimate of drug-likeness (QED) is 0.436. The van der Waals surface area contributed by atoms with Crippen LogP contribution in [0.5, 0.6) is 0 Å². The summed E-state index contributed by atoms with van der Waals surface area (Å²) in [7, 11) is 0.120. The largest absolute Gasteiger partial charge is 2.00 e. The van der Waals surface area contributed by atoms with E-state index in [0.717, 1.165) is 6.42 Å². The van der Waals surface area contributed by atoms with Gasteiger partial charge in [-0.25, -0.2) is 0 Å². The van der Waals surface area contributed by atoms with Gasteiger partial charge in [0.2, 0.25) is 0 Å². The van der Waals surface area contributed by atoms with Crippen molar-refractivity contribution < 1.29 is 0 Å². The summed E-state index contributed by atoms with van der Waals surface area (Å²) in [5.41, 5.74) is 0. The summed E-state index contributed by atoms with van der Waals surface area (Å²) < 4.78 is 0. The zero-order valence-corrected chi connectivity index (χ0v) is 11.2. The fourth-order valence-corrected chi connectivity index (χ4v) is 0. The second-order valence-electron chi connectivity index (χ2n) is 2.00. The first-order chi connectivity index (χ1) is 3.15. The minimum absolute atomic E-state index is 0. The normalized spacial score (nSPS) is 6.00. The first-order valence-electron chi connectivity index (χ1n) is 2.71. The van der Waals surface area contributed by atoms with Crippen molar-refractivity contribution in [3.8, 4) is 0 Å². The SMILES string of the molecule is Br.C[Si-](C)C.[CH2-]CC.[Mg+2]. The monoisotopic (exact) mass is 220 g/mol. The van der Waals surface area contributed by atoms with Gasteiger partial charge in [0.05, 0.1) is 0 Å². The van der Waals surface area contributed by atoms with Crippen LogP contribution in [0.1, 0.15) is 13.3 Å². The standard InChI is InChI=1S/C3H9Si.C3H7.BrH.Mg/c1-4(2)3;1-3-2;;/h1-3H3;1,3H2,2H3;1H;/q2*-1;;+2. The summed E-state index contributed by atoms with van der Waals surface area (Å²) in [6.45, 7) is 12.3. The third kappa shape index (κ3) is 246. The molecule has 54 valence electrons. The van der Waals surface area contributed by atoms with Crippen molar-refractivity contribution in [3.63, 3.8) is 0 Å². The van der Waals surface area contributed by atoms with Gasteiger partial charge in [0, 0.05) is 0 Å². The summed E-state index contributed by atoms with van der Waals surface area (Å²) in [5, 5.41) is 0. The number of halogens is 1. The van der Waals surface area contributed by atoms with Gasteiger partial charge in [-0.3, -0.25) is 8.80 Å². The van der Waals surface area contributed by atoms with E-state index in [4.69, 9.17) is 0 Å². The molecule has 0 bridgehead atoms. The maximum Gasteiger partial charge on any atom is 2.00 e. The molecule has 0 aromatic heterocycles. The van der Waals surface area contributed by atoms with Gasteiger partial charge >= 0.3 is 23.1 Å². The van der Waals surface area contributed by atoms with E-state index in [1.807, 2.05) is 6.92 Å². The third-order valence-electron chi connectivity index (χ3n) is 0. The van der Waals surface area contributed by atoms with Gasteiger partial charge < -0.3 is 6.92 Å². The van der Waals surface area contributed by atoms with Crippen LogP contribution in [0.25, 0.3) is 0 Å². The Morgan fingerprint density at radius 2 is 1.22 bits per heavy atom. The van der Waals surface area contributed by atoms with Crippen LogP contribution in [0.2, 0.25) is 19.6 Å². The van der Waals surface area contributed by atoms with E-state index in [9.17, 15) is 0 Å². The number of hydrogen-bond acceptors (Lipinski definition) is 0. The van der Waals surface area contributed by atoms with Crippen molar-refractivity contribution in [1.82, 2.24) is 0 Å². The molecule has 0 fully saturated rings. The maximum atomic E-state index is 3.49. The molecular formula is C6H17BrMgSi. The van der Waals surface area contributed by atoms with Crippen LogP contribution in [0.4, 0.5) is 0 Å². The van der Waals surface area contributed by atoms with E-state index in [0.29, 0.717) is 0 Å². The molecule has 0 nitrogen and oxygen atoms in total. The Kier molecular flexibility index (Phi) is 56.6. The van der Waals surface area contributed by atoms with Gasteiger partial charge in [-0.15, -0.1) is 17.0 Å². The summed E-state index contributed by atoms with van der Waals surface area (Å²) in [4.78, 5) is 0. The summed E-state index contributed by atoms with van der Waals surface area (Å²) >= 11 is 0. The molecule has 9 heavy (non-hydrogen) atoms. The Hall–Kier alpha value is 1.46. The molecule has 0 saturated carbocycles. The van der Waals surface area contributed by atoms with Crippen LogP contribution in [0.3, 0.4) is 0 Å². The predicted octanol–water partition coefficient (Wildman–Crippen LogP) is 2.80. The molecule has 0 saturated heterocycles. The van der Waals surface area contributed by atoms with E-state index >= 15 is 0 Å². The Balaban J connectivity index is -0.0000000233. The molecule has 0 aromatic carbocycles. The first-order valence-corrected chi connectivity index (χ1v) is 5.71. The number of rotatable bonds is 0. The van der Waals surface area contributed by atoms with Crippen molar-refractivity contribution in [1.29, 1.82) is 0 Å². The zero-order valence-electron chi connectivity index (χ0n) is 7.03. The van der Waals surface area contributed by atoms with Gasteiger partial charge in [0.15, 0.2) is 0 Å². The van der Waals surface area contributed by atoms with Crippen molar-refractivity contribution in [2.45, 2.75) is 33.0 Å². The maximum absolute atomic E-state index is 3.49. The summed E-state index contributed by atoms with van der Waals surface area (Å²) in [5.74, 6) is 0. The minimum Gasteiger partial charge on any atom is -0.344 e. The smallest absolute Gasteiger partial charge is 0.344 e. The van der Waals surface area contributed by atoms with E-state index in [1.165, 1.54) is 0 Å². The topological polar surface area (TPSA) is 0 Å². The average molecular weight is 221 g/mol. The van der Waals surface area contributed by atoms with Crippen molar-refractivity contribution in [2.24, 2.45) is 0 Å². The number of hydrogen-bond donors (Lipinski definition) is 0. The van der Waals surface area contributed by atoms with Crippen molar-refractivity contribution in [3.05, 3.63) is 6.92 Å². The Bertz CT molecular complexity index is 24.3. The van der Waals surface area contributed by atoms with E-state index in [-0.39, 0.29) is 48.8 Å². The molecule has 0 heterocycles. The van der Waals surface area contributed by atoms with Crippen LogP contribution in [0.15, 0.2) is 0 Å². The zero-order chi connectivity index (χ0) is 6.28. The molecule has 0 aliphatic rings. The van der Waals surface area contributed by atoms with Gasteiger partial charge in [0.1, 0.15) is 0 Å². The average Bonchev–Trinajstić information content (AvgIpc) is 1.33. The first kappa shape index (κ1) is 22.4. The van der Waals surface area contributed by atoms with E-state index < -0.39 is 0 Å². The molecule has 0 atom stereocenters. The van der Waals surface area contributed by atoms with Crippen LogP contribution in [0, 0.1) is 6.92 Å². The molecular weight excluding hydrogens is 204 g/mol. The molecule has 0 N–H and O–H groups in total. The molecule has 0 radical (unpaired) electrons. The fourth-order valence-electron chi connectivity index (χ4n) is 0. The molecule has 0 spiro atoms. The molecule has 0 rings (SSSR count). The molecule has 0 amide bonds. The van der Waals surface area contributed by atoms with Gasteiger partial charge in [-0.05, 0) is 0 Å². The van der Waals surface area contributed by atoms with E-state index in [1.54, 1.807) is 0 Å². The van der Waals surface area contributed by atoms with Gasteiger partial charge in [0.25, 0.3) is 0 Å². The summed E-state index contributed by atoms with van der Waals surface area (Å²) in [6, 6.07) is 0. The Labute approximate surface area is 88.3 Å². The van der Waals surface area contributed by atoms with Crippen LogP contribution >= 0.6 is 17.0 Å². The minimum atomic E-state index is 0. The van der Waals surface area contributed by atoms with Crippen LogP contribution < -0.4 is 0 Å². The fraction of sp³-hybridized carbons (Fsp3) is 0.833. The van der Waals surface area contributed by atoms with Crippen molar-refractivity contribution in [2.75, 3.05) is 0 Å². The Morgan fingerprint density at radius 1 is 1.22 bits per heavy atom.